The van der Waals surface area contributed by atoms with Crippen LogP contribution in [0.25, 0.3) is 0 Å². The van der Waals surface area contributed by atoms with E-state index in [9.17, 15) is 4.79 Å². The minimum atomic E-state index is -0.249. The molecule has 1 aliphatic rings. The molecular formula is C17H26N2O3. The van der Waals surface area contributed by atoms with Crippen molar-refractivity contribution in [1.29, 1.82) is 0 Å². The molecule has 122 valence electrons. The molecule has 0 aromatic heterocycles. The van der Waals surface area contributed by atoms with E-state index in [1.165, 1.54) is 0 Å². The summed E-state index contributed by atoms with van der Waals surface area (Å²) in [6.45, 7) is 5.39. The highest BCUT2D eigenvalue weighted by atomic mass is 16.5. The second-order valence-corrected chi connectivity index (χ2v) is 5.67. The van der Waals surface area contributed by atoms with E-state index >= 15 is 0 Å². The van der Waals surface area contributed by atoms with Gasteiger partial charge in [-0.25, -0.2) is 0 Å². The smallest absolute Gasteiger partial charge is 0.251 e. The van der Waals surface area contributed by atoms with Crippen molar-refractivity contribution in [2.45, 2.75) is 45.1 Å². The summed E-state index contributed by atoms with van der Waals surface area (Å²) in [4.78, 5) is 12.5. The van der Waals surface area contributed by atoms with Crippen LogP contribution in [-0.4, -0.2) is 31.2 Å². The van der Waals surface area contributed by atoms with E-state index in [4.69, 9.17) is 15.2 Å². The monoisotopic (exact) mass is 306 g/mol. The van der Waals surface area contributed by atoms with Gasteiger partial charge in [-0.2, -0.15) is 0 Å². The fraction of sp³-hybridized carbons (Fsp3) is 0.588. The number of nitrogens with two attached hydrogens (primary N) is 1. The van der Waals surface area contributed by atoms with Crippen molar-refractivity contribution in [2.75, 3.05) is 19.8 Å². The number of nitrogens with one attached hydrogen (secondary N) is 1. The summed E-state index contributed by atoms with van der Waals surface area (Å²) >= 11 is 0. The first-order valence-electron chi connectivity index (χ1n) is 8.06. The van der Waals surface area contributed by atoms with Gasteiger partial charge >= 0.3 is 0 Å². The first-order chi connectivity index (χ1) is 10.6. The van der Waals surface area contributed by atoms with E-state index in [1.807, 2.05) is 13.8 Å². The van der Waals surface area contributed by atoms with Crippen molar-refractivity contribution in [3.05, 3.63) is 23.8 Å². The summed E-state index contributed by atoms with van der Waals surface area (Å²) in [6.07, 6.45) is 4.13. The van der Waals surface area contributed by atoms with Crippen molar-refractivity contribution in [1.82, 2.24) is 5.32 Å². The second-order valence-electron chi connectivity index (χ2n) is 5.67. The minimum Gasteiger partial charge on any atom is -0.490 e. The Labute approximate surface area is 132 Å². The van der Waals surface area contributed by atoms with Crippen LogP contribution in [0.15, 0.2) is 18.2 Å². The molecule has 1 aromatic carbocycles. The van der Waals surface area contributed by atoms with Gasteiger partial charge in [0.25, 0.3) is 5.91 Å². The van der Waals surface area contributed by atoms with Gasteiger partial charge in [0.1, 0.15) is 0 Å². The van der Waals surface area contributed by atoms with Crippen LogP contribution in [0.3, 0.4) is 0 Å². The largest absolute Gasteiger partial charge is 0.490 e. The van der Waals surface area contributed by atoms with E-state index in [1.54, 1.807) is 18.2 Å². The third-order valence-electron chi connectivity index (χ3n) is 4.14. The Kier molecular flexibility index (Phi) is 5.66. The SMILES string of the molecule is CCOc1ccc(C(=O)NC2(CN)CCCC2)cc1OCC. The third-order valence-corrected chi connectivity index (χ3v) is 4.14. The second kappa shape index (κ2) is 7.49. The van der Waals surface area contributed by atoms with E-state index in [0.717, 1.165) is 25.7 Å². The zero-order valence-corrected chi connectivity index (χ0v) is 13.5. The minimum absolute atomic E-state index is 0.101. The molecule has 5 nitrogen and oxygen atoms in total. The molecule has 22 heavy (non-hydrogen) atoms. The number of hydrogen-bond donors (Lipinski definition) is 2. The van der Waals surface area contributed by atoms with Crippen LogP contribution in [0.2, 0.25) is 0 Å². The van der Waals surface area contributed by atoms with E-state index in [2.05, 4.69) is 5.32 Å². The maximum Gasteiger partial charge on any atom is 0.251 e. The molecular weight excluding hydrogens is 280 g/mol. The number of amides is 1. The van der Waals surface area contributed by atoms with Crippen LogP contribution in [0.4, 0.5) is 0 Å². The molecule has 5 heteroatoms. The van der Waals surface area contributed by atoms with Gasteiger partial charge in [-0.05, 0) is 44.9 Å². The summed E-state index contributed by atoms with van der Waals surface area (Å²) < 4.78 is 11.1. The molecule has 1 aliphatic carbocycles. The summed E-state index contributed by atoms with van der Waals surface area (Å²) in [5.41, 5.74) is 6.20. The average Bonchev–Trinajstić information content (AvgIpc) is 2.98. The number of hydrogen-bond acceptors (Lipinski definition) is 4. The summed E-state index contributed by atoms with van der Waals surface area (Å²) in [5.74, 6) is 1.16. The lowest BCUT2D eigenvalue weighted by atomic mass is 9.97. The van der Waals surface area contributed by atoms with E-state index in [0.29, 0.717) is 36.8 Å². The van der Waals surface area contributed by atoms with Crippen LogP contribution >= 0.6 is 0 Å². The first kappa shape index (κ1) is 16.6. The zero-order valence-electron chi connectivity index (χ0n) is 13.5. The topological polar surface area (TPSA) is 73.6 Å². The van der Waals surface area contributed by atoms with Crippen LogP contribution in [0.5, 0.6) is 11.5 Å². The summed E-state index contributed by atoms with van der Waals surface area (Å²) in [5, 5.41) is 3.12. The fourth-order valence-corrected chi connectivity index (χ4v) is 2.94. The normalized spacial score (nSPS) is 16.3. The maximum absolute atomic E-state index is 12.5. The molecule has 0 unspecified atom stereocenters. The Balaban J connectivity index is 2.16. The summed E-state index contributed by atoms with van der Waals surface area (Å²) in [7, 11) is 0. The molecule has 3 N–H and O–H groups in total. The molecule has 1 amide bonds. The van der Waals surface area contributed by atoms with Crippen molar-refractivity contribution in [3.8, 4) is 11.5 Å². The maximum atomic E-state index is 12.5. The number of ether oxygens (including phenoxy) is 2. The Morgan fingerprint density at radius 1 is 1.18 bits per heavy atom. The zero-order chi connectivity index (χ0) is 16.0. The summed E-state index contributed by atoms with van der Waals surface area (Å²) in [6, 6.07) is 5.29. The molecule has 0 aliphatic heterocycles. The molecule has 1 saturated carbocycles. The molecule has 2 rings (SSSR count). The van der Waals surface area contributed by atoms with Gasteiger partial charge in [0.2, 0.25) is 0 Å². The number of carbonyl (C=O) groups excluding carboxylic acids is 1. The van der Waals surface area contributed by atoms with Gasteiger partial charge in [0.15, 0.2) is 11.5 Å². The Bertz CT molecular complexity index is 511. The van der Waals surface area contributed by atoms with Crippen molar-refractivity contribution < 1.29 is 14.3 Å². The lowest BCUT2D eigenvalue weighted by Crippen LogP contribution is -2.51. The fourth-order valence-electron chi connectivity index (χ4n) is 2.94. The van der Waals surface area contributed by atoms with Crippen molar-refractivity contribution >= 4 is 5.91 Å². The molecule has 0 saturated heterocycles. The van der Waals surface area contributed by atoms with Crippen molar-refractivity contribution in [3.63, 3.8) is 0 Å². The lowest BCUT2D eigenvalue weighted by molar-refractivity contribution is 0.0902. The number of rotatable bonds is 7. The van der Waals surface area contributed by atoms with Gasteiger partial charge in [0, 0.05) is 12.1 Å². The molecule has 0 atom stereocenters. The Morgan fingerprint density at radius 3 is 2.41 bits per heavy atom. The highest BCUT2D eigenvalue weighted by Crippen LogP contribution is 2.31. The Hall–Kier alpha value is -1.75. The van der Waals surface area contributed by atoms with Crippen LogP contribution in [0.1, 0.15) is 49.9 Å². The van der Waals surface area contributed by atoms with E-state index < -0.39 is 0 Å². The van der Waals surface area contributed by atoms with Gasteiger partial charge in [-0.1, -0.05) is 12.8 Å². The molecule has 0 heterocycles. The van der Waals surface area contributed by atoms with Crippen LogP contribution < -0.4 is 20.5 Å². The van der Waals surface area contributed by atoms with Gasteiger partial charge in [0.05, 0.1) is 18.8 Å². The molecule has 1 aromatic rings. The number of benzene rings is 1. The van der Waals surface area contributed by atoms with Crippen molar-refractivity contribution in [2.24, 2.45) is 5.73 Å². The standard InChI is InChI=1S/C17H26N2O3/c1-3-21-14-8-7-13(11-15(14)22-4-2)16(20)19-17(12-18)9-5-6-10-17/h7-8,11H,3-6,9-10,12,18H2,1-2H3,(H,19,20). The molecule has 1 fully saturated rings. The van der Waals surface area contributed by atoms with Gasteiger partial charge in [-0.15, -0.1) is 0 Å². The first-order valence-corrected chi connectivity index (χ1v) is 8.06. The third kappa shape index (κ3) is 3.71. The highest BCUT2D eigenvalue weighted by molar-refractivity contribution is 5.95. The van der Waals surface area contributed by atoms with E-state index in [-0.39, 0.29) is 11.4 Å². The molecule has 0 radical (unpaired) electrons. The van der Waals surface area contributed by atoms with Gasteiger partial charge < -0.3 is 20.5 Å². The quantitative estimate of drug-likeness (QED) is 0.811. The molecule has 0 spiro atoms. The van der Waals surface area contributed by atoms with Crippen LogP contribution in [0, 0.1) is 0 Å². The van der Waals surface area contributed by atoms with Gasteiger partial charge in [-0.3, -0.25) is 4.79 Å². The molecule has 0 bridgehead atoms. The van der Waals surface area contributed by atoms with Crippen LogP contribution in [-0.2, 0) is 0 Å². The predicted molar refractivity (Wildman–Crippen MR) is 86.5 cm³/mol. The number of carbonyl (C=O) groups is 1. The lowest BCUT2D eigenvalue weighted by Gasteiger charge is -2.28. The predicted octanol–water partition coefficient (Wildman–Crippen LogP) is 2.49. The Morgan fingerprint density at radius 2 is 1.82 bits per heavy atom. The average molecular weight is 306 g/mol. The highest BCUT2D eigenvalue weighted by Gasteiger charge is 2.34.